The molecule has 1 aliphatic rings. The average Bonchev–Trinajstić information content (AvgIpc) is 2.30. The molecule has 0 spiro atoms. The van der Waals surface area contributed by atoms with E-state index >= 15 is 0 Å². The van der Waals surface area contributed by atoms with Crippen LogP contribution in [0.2, 0.25) is 5.02 Å². The zero-order valence-electron chi connectivity index (χ0n) is 8.99. The van der Waals surface area contributed by atoms with Crippen molar-refractivity contribution in [1.82, 2.24) is 0 Å². The second-order valence-electron chi connectivity index (χ2n) is 3.79. The fraction of sp³-hybridized carbons (Fsp3) is 0.455. The first kappa shape index (κ1) is 11.9. The zero-order valence-corrected chi connectivity index (χ0v) is 10.6. The van der Waals surface area contributed by atoms with Gasteiger partial charge in [0.05, 0.1) is 10.7 Å². The van der Waals surface area contributed by atoms with Crippen LogP contribution in [-0.2, 0) is 17.3 Å². The monoisotopic (exact) mass is 258 g/mol. The molecular formula is C11H15ClN2OS. The van der Waals surface area contributed by atoms with Gasteiger partial charge in [-0.1, -0.05) is 23.7 Å². The number of nitrogens with zero attached hydrogens (tertiary/aromatic N) is 1. The number of hydrogen-bond acceptors (Lipinski definition) is 3. The lowest BCUT2D eigenvalue weighted by molar-refractivity contribution is 0.673. The molecule has 1 aliphatic heterocycles. The van der Waals surface area contributed by atoms with Crippen LogP contribution in [0.5, 0.6) is 0 Å². The molecule has 0 unspecified atom stereocenters. The summed E-state index contributed by atoms with van der Waals surface area (Å²) in [6, 6.07) is 5.78. The van der Waals surface area contributed by atoms with Crippen LogP contribution in [-0.4, -0.2) is 28.8 Å². The van der Waals surface area contributed by atoms with E-state index in [9.17, 15) is 4.21 Å². The largest absolute Gasteiger partial charge is 0.368 e. The van der Waals surface area contributed by atoms with Crippen LogP contribution in [0, 0.1) is 0 Å². The van der Waals surface area contributed by atoms with Gasteiger partial charge in [0.25, 0.3) is 0 Å². The quantitative estimate of drug-likeness (QED) is 0.872. The van der Waals surface area contributed by atoms with E-state index in [1.54, 1.807) is 0 Å². The first-order valence-corrected chi connectivity index (χ1v) is 7.16. The second kappa shape index (κ2) is 5.17. The van der Waals surface area contributed by atoms with Crippen molar-refractivity contribution in [2.75, 3.05) is 29.5 Å². The van der Waals surface area contributed by atoms with Gasteiger partial charge in [0, 0.05) is 41.9 Å². The molecule has 16 heavy (non-hydrogen) atoms. The molecule has 0 saturated carbocycles. The minimum Gasteiger partial charge on any atom is -0.368 e. The molecule has 5 heteroatoms. The van der Waals surface area contributed by atoms with E-state index in [-0.39, 0.29) is 0 Å². The van der Waals surface area contributed by atoms with Gasteiger partial charge in [-0.15, -0.1) is 0 Å². The maximum atomic E-state index is 11.3. The summed E-state index contributed by atoms with van der Waals surface area (Å²) in [5.41, 5.74) is 7.78. The molecule has 2 N–H and O–H groups in total. The molecule has 1 aromatic rings. The summed E-state index contributed by atoms with van der Waals surface area (Å²) in [5, 5.41) is 0.732. The fourth-order valence-electron chi connectivity index (χ4n) is 1.94. The Balaban J connectivity index is 2.28. The number of nitrogens with two attached hydrogens (primary N) is 1. The van der Waals surface area contributed by atoms with E-state index in [4.69, 9.17) is 17.3 Å². The third-order valence-corrected chi connectivity index (χ3v) is 4.37. The first-order chi connectivity index (χ1) is 7.72. The topological polar surface area (TPSA) is 46.3 Å². The number of benzene rings is 1. The number of rotatable bonds is 2. The molecule has 0 atom stereocenters. The maximum Gasteiger partial charge on any atom is 0.0642 e. The predicted octanol–water partition coefficient (Wildman–Crippen LogP) is 1.37. The van der Waals surface area contributed by atoms with Crippen LogP contribution >= 0.6 is 11.6 Å². The first-order valence-electron chi connectivity index (χ1n) is 5.29. The van der Waals surface area contributed by atoms with Gasteiger partial charge in [-0.05, 0) is 11.6 Å². The molecule has 0 aliphatic carbocycles. The summed E-state index contributed by atoms with van der Waals surface area (Å²) in [4.78, 5) is 2.19. The lowest BCUT2D eigenvalue weighted by Crippen LogP contribution is -2.38. The van der Waals surface area contributed by atoms with Gasteiger partial charge in [0.2, 0.25) is 0 Å². The van der Waals surface area contributed by atoms with E-state index in [1.165, 1.54) is 0 Å². The van der Waals surface area contributed by atoms with Crippen LogP contribution in [0.4, 0.5) is 5.69 Å². The summed E-state index contributed by atoms with van der Waals surface area (Å²) in [7, 11) is -0.666. The molecule has 0 radical (unpaired) electrons. The van der Waals surface area contributed by atoms with Crippen molar-refractivity contribution < 1.29 is 4.21 Å². The molecule has 0 bridgehead atoms. The van der Waals surface area contributed by atoms with Crippen molar-refractivity contribution >= 4 is 28.1 Å². The normalized spacial score (nSPS) is 17.8. The molecule has 1 heterocycles. The SMILES string of the molecule is NCc1cccc(Cl)c1N1CCS(=O)CC1. The van der Waals surface area contributed by atoms with Crippen molar-refractivity contribution in [2.24, 2.45) is 5.73 Å². The van der Waals surface area contributed by atoms with Crippen molar-refractivity contribution in [3.8, 4) is 0 Å². The van der Waals surface area contributed by atoms with E-state index in [2.05, 4.69) is 4.90 Å². The van der Waals surface area contributed by atoms with Crippen LogP contribution in [0.25, 0.3) is 0 Å². The molecule has 1 aromatic carbocycles. The molecule has 0 amide bonds. The third kappa shape index (κ3) is 2.39. The van der Waals surface area contributed by atoms with Gasteiger partial charge >= 0.3 is 0 Å². The van der Waals surface area contributed by atoms with Gasteiger partial charge in [-0.3, -0.25) is 4.21 Å². The highest BCUT2D eigenvalue weighted by atomic mass is 35.5. The Labute approximate surface area is 103 Å². The Hall–Kier alpha value is -0.580. The predicted molar refractivity (Wildman–Crippen MR) is 69.4 cm³/mol. The summed E-state index contributed by atoms with van der Waals surface area (Å²) >= 11 is 6.20. The highest BCUT2D eigenvalue weighted by Crippen LogP contribution is 2.30. The van der Waals surface area contributed by atoms with Crippen LogP contribution in [0.3, 0.4) is 0 Å². The molecular weight excluding hydrogens is 244 g/mol. The summed E-state index contributed by atoms with van der Waals surface area (Å²) < 4.78 is 11.3. The molecule has 2 rings (SSSR count). The maximum absolute atomic E-state index is 11.3. The Morgan fingerprint density at radius 2 is 2.06 bits per heavy atom. The van der Waals surface area contributed by atoms with E-state index in [0.29, 0.717) is 6.54 Å². The Morgan fingerprint density at radius 3 is 2.69 bits per heavy atom. The molecule has 3 nitrogen and oxygen atoms in total. The third-order valence-electron chi connectivity index (χ3n) is 2.78. The van der Waals surface area contributed by atoms with E-state index in [0.717, 1.165) is 40.9 Å². The van der Waals surface area contributed by atoms with Crippen LogP contribution < -0.4 is 10.6 Å². The zero-order chi connectivity index (χ0) is 11.5. The average molecular weight is 259 g/mol. The summed E-state index contributed by atoms with van der Waals surface area (Å²) in [6.07, 6.45) is 0. The number of anilines is 1. The van der Waals surface area contributed by atoms with E-state index < -0.39 is 10.8 Å². The fourth-order valence-corrected chi connectivity index (χ4v) is 3.31. The lowest BCUT2D eigenvalue weighted by Gasteiger charge is -2.30. The molecule has 0 aromatic heterocycles. The Kier molecular flexibility index (Phi) is 3.84. The molecule has 88 valence electrons. The number of para-hydroxylation sites is 1. The number of hydrogen-bond donors (Lipinski definition) is 1. The highest BCUT2D eigenvalue weighted by molar-refractivity contribution is 7.85. The van der Waals surface area contributed by atoms with Gasteiger partial charge < -0.3 is 10.6 Å². The standard InChI is InChI=1S/C11H15ClN2OS/c12-10-3-1-2-9(8-13)11(10)14-4-6-16(15)7-5-14/h1-3H,4-8,13H2. The minimum atomic E-state index is -0.666. The molecule has 1 fully saturated rings. The lowest BCUT2D eigenvalue weighted by atomic mass is 10.1. The highest BCUT2D eigenvalue weighted by Gasteiger charge is 2.19. The van der Waals surface area contributed by atoms with Crippen LogP contribution in [0.1, 0.15) is 5.56 Å². The van der Waals surface area contributed by atoms with Crippen molar-refractivity contribution in [1.29, 1.82) is 0 Å². The van der Waals surface area contributed by atoms with Gasteiger partial charge in [0.1, 0.15) is 0 Å². The Bertz CT molecular complexity index is 401. The van der Waals surface area contributed by atoms with Crippen molar-refractivity contribution in [3.05, 3.63) is 28.8 Å². The smallest absolute Gasteiger partial charge is 0.0642 e. The van der Waals surface area contributed by atoms with Gasteiger partial charge in [-0.25, -0.2) is 0 Å². The van der Waals surface area contributed by atoms with Gasteiger partial charge in [0.15, 0.2) is 0 Å². The van der Waals surface area contributed by atoms with Gasteiger partial charge in [-0.2, -0.15) is 0 Å². The van der Waals surface area contributed by atoms with Crippen molar-refractivity contribution in [2.45, 2.75) is 6.54 Å². The van der Waals surface area contributed by atoms with Crippen LogP contribution in [0.15, 0.2) is 18.2 Å². The summed E-state index contributed by atoms with van der Waals surface area (Å²) in [5.74, 6) is 1.43. The summed E-state index contributed by atoms with van der Waals surface area (Å²) in [6.45, 7) is 2.07. The van der Waals surface area contributed by atoms with E-state index in [1.807, 2.05) is 18.2 Å². The second-order valence-corrected chi connectivity index (χ2v) is 5.89. The van der Waals surface area contributed by atoms with Crippen molar-refractivity contribution in [3.63, 3.8) is 0 Å². The number of halogens is 1. The Morgan fingerprint density at radius 1 is 1.38 bits per heavy atom. The molecule has 1 saturated heterocycles. The minimum absolute atomic E-state index is 0.482.